The van der Waals surface area contributed by atoms with Crippen LogP contribution in [-0.4, -0.2) is 48.5 Å². The molecule has 1 rings (SSSR count). The third kappa shape index (κ3) is 4.68. The Morgan fingerprint density at radius 1 is 1.30 bits per heavy atom. The smallest absolute Gasteiger partial charge is 0.330 e. The lowest BCUT2D eigenvalue weighted by molar-refractivity contribution is -0.151. The Labute approximate surface area is 118 Å². The van der Waals surface area contributed by atoms with E-state index >= 15 is 0 Å². The minimum absolute atomic E-state index is 0.0485. The fourth-order valence-electron chi connectivity index (χ4n) is 2.08. The average Bonchev–Trinajstić information content (AvgIpc) is 2.77. The first-order valence-corrected chi connectivity index (χ1v) is 6.89. The molecule has 1 saturated heterocycles. The molecule has 0 saturated carbocycles. The standard InChI is InChI=1S/C14H21NO5/c1-3-19-13(17)7-5-6-10-15-11(8-9-12(15)16)14(18)20-4-2/h5,7,11H,3-4,6,8-10H2,1-2H3/b7-5+. The van der Waals surface area contributed by atoms with E-state index in [1.165, 1.54) is 11.0 Å². The lowest BCUT2D eigenvalue weighted by atomic mass is 10.2. The van der Waals surface area contributed by atoms with Gasteiger partial charge < -0.3 is 14.4 Å². The summed E-state index contributed by atoms with van der Waals surface area (Å²) >= 11 is 0. The Kier molecular flexibility index (Phi) is 6.76. The summed E-state index contributed by atoms with van der Waals surface area (Å²) in [5, 5.41) is 0. The maximum absolute atomic E-state index is 11.7. The highest BCUT2D eigenvalue weighted by atomic mass is 16.5. The van der Waals surface area contributed by atoms with Crippen molar-refractivity contribution in [2.45, 2.75) is 39.2 Å². The Morgan fingerprint density at radius 3 is 2.65 bits per heavy atom. The molecule has 0 aliphatic carbocycles. The third-order valence-electron chi connectivity index (χ3n) is 2.96. The van der Waals surface area contributed by atoms with Gasteiger partial charge in [-0.1, -0.05) is 6.08 Å². The monoisotopic (exact) mass is 283 g/mol. The first kappa shape index (κ1) is 16.2. The summed E-state index contributed by atoms with van der Waals surface area (Å²) in [6, 6.07) is -0.488. The van der Waals surface area contributed by atoms with E-state index in [1.807, 2.05) is 0 Å². The first-order valence-electron chi connectivity index (χ1n) is 6.89. The average molecular weight is 283 g/mol. The zero-order chi connectivity index (χ0) is 15.0. The van der Waals surface area contributed by atoms with Gasteiger partial charge in [0.2, 0.25) is 5.91 Å². The second kappa shape index (κ2) is 8.35. The molecule has 0 N–H and O–H groups in total. The van der Waals surface area contributed by atoms with Crippen LogP contribution >= 0.6 is 0 Å². The number of hydrogen-bond acceptors (Lipinski definition) is 5. The lowest BCUT2D eigenvalue weighted by Crippen LogP contribution is -2.40. The second-order valence-electron chi connectivity index (χ2n) is 4.34. The highest BCUT2D eigenvalue weighted by molar-refractivity contribution is 5.88. The van der Waals surface area contributed by atoms with Crippen LogP contribution in [0.2, 0.25) is 0 Å². The van der Waals surface area contributed by atoms with Crippen molar-refractivity contribution in [1.82, 2.24) is 4.90 Å². The molecule has 1 fully saturated rings. The van der Waals surface area contributed by atoms with Gasteiger partial charge in [0, 0.05) is 19.0 Å². The van der Waals surface area contributed by atoms with Gasteiger partial charge in [0.05, 0.1) is 13.2 Å². The molecule has 0 aromatic rings. The molecular formula is C14H21NO5. The van der Waals surface area contributed by atoms with Gasteiger partial charge in [-0.3, -0.25) is 4.79 Å². The molecule has 1 amide bonds. The van der Waals surface area contributed by atoms with E-state index in [0.29, 0.717) is 39.0 Å². The number of amides is 1. The van der Waals surface area contributed by atoms with Crippen LogP contribution in [0.3, 0.4) is 0 Å². The number of carbonyl (C=O) groups is 3. The Morgan fingerprint density at radius 2 is 2.00 bits per heavy atom. The molecule has 6 nitrogen and oxygen atoms in total. The number of rotatable bonds is 7. The molecule has 0 spiro atoms. The van der Waals surface area contributed by atoms with Gasteiger partial charge in [-0.25, -0.2) is 9.59 Å². The van der Waals surface area contributed by atoms with Gasteiger partial charge >= 0.3 is 11.9 Å². The molecule has 1 atom stereocenters. The van der Waals surface area contributed by atoms with E-state index in [2.05, 4.69) is 0 Å². The number of likely N-dealkylation sites (tertiary alicyclic amines) is 1. The molecule has 6 heteroatoms. The highest BCUT2D eigenvalue weighted by Crippen LogP contribution is 2.20. The van der Waals surface area contributed by atoms with Crippen molar-refractivity contribution in [2.75, 3.05) is 19.8 Å². The van der Waals surface area contributed by atoms with Gasteiger partial charge in [-0.15, -0.1) is 0 Å². The maximum Gasteiger partial charge on any atom is 0.330 e. The molecule has 1 heterocycles. The van der Waals surface area contributed by atoms with Crippen molar-refractivity contribution in [3.63, 3.8) is 0 Å². The number of esters is 2. The molecular weight excluding hydrogens is 262 g/mol. The quantitative estimate of drug-likeness (QED) is 0.516. The normalized spacial score (nSPS) is 18.6. The van der Waals surface area contributed by atoms with Crippen LogP contribution in [0.5, 0.6) is 0 Å². The Hall–Kier alpha value is -1.85. The predicted molar refractivity (Wildman–Crippen MR) is 71.8 cm³/mol. The number of carbonyl (C=O) groups excluding carboxylic acids is 3. The molecule has 0 bridgehead atoms. The van der Waals surface area contributed by atoms with Crippen LogP contribution in [0.4, 0.5) is 0 Å². The summed E-state index contributed by atoms with van der Waals surface area (Å²) in [5.41, 5.74) is 0. The highest BCUT2D eigenvalue weighted by Gasteiger charge is 2.36. The fourth-order valence-corrected chi connectivity index (χ4v) is 2.08. The SMILES string of the molecule is CCOC(=O)/C=C/CCN1C(=O)CCC1C(=O)OCC. The summed E-state index contributed by atoms with van der Waals surface area (Å²) in [7, 11) is 0. The molecule has 112 valence electrons. The van der Waals surface area contributed by atoms with Crippen molar-refractivity contribution < 1.29 is 23.9 Å². The summed E-state index contributed by atoms with van der Waals surface area (Å²) in [5.74, 6) is -0.803. The van der Waals surface area contributed by atoms with Crippen molar-refractivity contribution >= 4 is 17.8 Å². The lowest BCUT2D eigenvalue weighted by Gasteiger charge is -2.22. The zero-order valence-corrected chi connectivity index (χ0v) is 12.0. The summed E-state index contributed by atoms with van der Waals surface area (Å²) in [6.07, 6.45) is 4.35. The van der Waals surface area contributed by atoms with Gasteiger partial charge in [0.25, 0.3) is 0 Å². The van der Waals surface area contributed by atoms with E-state index in [-0.39, 0.29) is 11.9 Å². The zero-order valence-electron chi connectivity index (χ0n) is 12.0. The van der Waals surface area contributed by atoms with Crippen LogP contribution in [0.15, 0.2) is 12.2 Å². The third-order valence-corrected chi connectivity index (χ3v) is 2.96. The molecule has 0 aromatic carbocycles. The minimum Gasteiger partial charge on any atom is -0.464 e. The van der Waals surface area contributed by atoms with Gasteiger partial charge in [-0.2, -0.15) is 0 Å². The minimum atomic E-state index is -0.488. The second-order valence-corrected chi connectivity index (χ2v) is 4.34. The van der Waals surface area contributed by atoms with Crippen molar-refractivity contribution in [1.29, 1.82) is 0 Å². The van der Waals surface area contributed by atoms with Crippen molar-refractivity contribution in [3.8, 4) is 0 Å². The Balaban J connectivity index is 2.45. The van der Waals surface area contributed by atoms with Crippen LogP contribution < -0.4 is 0 Å². The van der Waals surface area contributed by atoms with E-state index in [4.69, 9.17) is 9.47 Å². The van der Waals surface area contributed by atoms with Gasteiger partial charge in [0.1, 0.15) is 6.04 Å². The van der Waals surface area contributed by atoms with E-state index < -0.39 is 12.0 Å². The Bertz CT molecular complexity index is 391. The molecule has 0 aromatic heterocycles. The molecule has 1 unspecified atom stereocenters. The first-order chi connectivity index (χ1) is 9.60. The molecule has 20 heavy (non-hydrogen) atoms. The number of nitrogens with zero attached hydrogens (tertiary/aromatic N) is 1. The van der Waals surface area contributed by atoms with Gasteiger partial charge in [0.15, 0.2) is 0 Å². The van der Waals surface area contributed by atoms with E-state index in [1.54, 1.807) is 19.9 Å². The largest absolute Gasteiger partial charge is 0.464 e. The van der Waals surface area contributed by atoms with Crippen LogP contribution in [0, 0.1) is 0 Å². The van der Waals surface area contributed by atoms with Crippen molar-refractivity contribution in [3.05, 3.63) is 12.2 Å². The summed E-state index contributed by atoms with van der Waals surface area (Å²) in [6.45, 7) is 4.51. The number of ether oxygens (including phenoxy) is 2. The fraction of sp³-hybridized carbons (Fsp3) is 0.643. The predicted octanol–water partition coefficient (Wildman–Crippen LogP) is 1.05. The van der Waals surface area contributed by atoms with Crippen LogP contribution in [0.25, 0.3) is 0 Å². The molecule has 1 aliphatic heterocycles. The van der Waals surface area contributed by atoms with Crippen LogP contribution in [-0.2, 0) is 23.9 Å². The summed E-state index contributed by atoms with van der Waals surface area (Å²) < 4.78 is 9.70. The van der Waals surface area contributed by atoms with Crippen LogP contribution in [0.1, 0.15) is 33.1 Å². The topological polar surface area (TPSA) is 72.9 Å². The summed E-state index contributed by atoms with van der Waals surface area (Å²) in [4.78, 5) is 36.1. The van der Waals surface area contributed by atoms with E-state index in [9.17, 15) is 14.4 Å². The molecule has 0 radical (unpaired) electrons. The maximum atomic E-state index is 11.7. The molecule has 1 aliphatic rings. The number of hydrogen-bond donors (Lipinski definition) is 0. The van der Waals surface area contributed by atoms with E-state index in [0.717, 1.165) is 0 Å². The van der Waals surface area contributed by atoms with Crippen molar-refractivity contribution in [2.24, 2.45) is 0 Å². The van der Waals surface area contributed by atoms with Gasteiger partial charge in [-0.05, 0) is 26.7 Å².